The molecule has 0 atom stereocenters. The van der Waals surface area contributed by atoms with Gasteiger partial charge in [0, 0.05) is 19.1 Å². The first-order valence-corrected chi connectivity index (χ1v) is 6.95. The van der Waals surface area contributed by atoms with Crippen LogP contribution < -0.4 is 5.32 Å². The van der Waals surface area contributed by atoms with Crippen LogP contribution in [0.3, 0.4) is 0 Å². The summed E-state index contributed by atoms with van der Waals surface area (Å²) in [6.07, 6.45) is 2.77. The molecule has 0 aliphatic carbocycles. The van der Waals surface area contributed by atoms with E-state index in [1.54, 1.807) is 0 Å². The molecule has 1 aliphatic heterocycles. The molecule has 1 aromatic rings. The Morgan fingerprint density at radius 3 is 2.68 bits per heavy atom. The van der Waals surface area contributed by atoms with Crippen molar-refractivity contribution in [3.05, 3.63) is 23.0 Å². The topological polar surface area (TPSA) is 58.1 Å². The fourth-order valence-electron chi connectivity index (χ4n) is 2.50. The number of carbonyl (C=O) groups is 1. The van der Waals surface area contributed by atoms with Gasteiger partial charge in [-0.2, -0.15) is 10.2 Å². The van der Waals surface area contributed by atoms with E-state index in [0.717, 1.165) is 49.3 Å². The molecule has 0 unspecified atom stereocenters. The maximum absolute atomic E-state index is 12.6. The van der Waals surface area contributed by atoms with Crippen molar-refractivity contribution < 1.29 is 4.79 Å². The summed E-state index contributed by atoms with van der Waals surface area (Å²) in [5, 5.41) is 11.4. The van der Waals surface area contributed by atoms with Gasteiger partial charge in [0.25, 0.3) is 5.91 Å². The van der Waals surface area contributed by atoms with Crippen molar-refractivity contribution in [2.75, 3.05) is 20.1 Å². The van der Waals surface area contributed by atoms with E-state index in [1.807, 2.05) is 31.9 Å². The van der Waals surface area contributed by atoms with Crippen LogP contribution in [0, 0.1) is 6.92 Å². The third-order valence-corrected chi connectivity index (χ3v) is 3.75. The Bertz CT molecular complexity index is 453. The minimum absolute atomic E-state index is 0.101. The molecule has 1 N–H and O–H groups in total. The average molecular weight is 262 g/mol. The van der Waals surface area contributed by atoms with Gasteiger partial charge < -0.3 is 10.2 Å². The Kier molecular flexibility index (Phi) is 4.47. The molecule has 0 bridgehead atoms. The van der Waals surface area contributed by atoms with Crippen molar-refractivity contribution in [2.45, 2.75) is 39.2 Å². The fourth-order valence-corrected chi connectivity index (χ4v) is 2.50. The van der Waals surface area contributed by atoms with Crippen LogP contribution in [0.5, 0.6) is 0 Å². The summed E-state index contributed by atoms with van der Waals surface area (Å²) in [4.78, 5) is 14.5. The summed E-state index contributed by atoms with van der Waals surface area (Å²) < 4.78 is 0. The molecular weight excluding hydrogens is 240 g/mol. The molecule has 1 saturated heterocycles. The molecule has 0 saturated carbocycles. The Balaban J connectivity index is 2.14. The second-order valence-corrected chi connectivity index (χ2v) is 5.05. The molecule has 1 aromatic heterocycles. The van der Waals surface area contributed by atoms with Crippen LogP contribution in [0.2, 0.25) is 0 Å². The molecule has 1 fully saturated rings. The van der Waals surface area contributed by atoms with Crippen molar-refractivity contribution in [1.29, 1.82) is 0 Å². The normalized spacial score (nSPS) is 16.7. The molecular formula is C14H22N4O. The lowest BCUT2D eigenvalue weighted by Crippen LogP contribution is -2.44. The van der Waals surface area contributed by atoms with E-state index in [9.17, 15) is 4.79 Å². The zero-order valence-corrected chi connectivity index (χ0v) is 11.9. The number of nitrogens with zero attached hydrogens (tertiary/aromatic N) is 3. The van der Waals surface area contributed by atoms with E-state index in [1.165, 1.54) is 0 Å². The second-order valence-electron chi connectivity index (χ2n) is 5.05. The highest BCUT2D eigenvalue weighted by Gasteiger charge is 2.24. The summed E-state index contributed by atoms with van der Waals surface area (Å²) in [6, 6.07) is 2.39. The summed E-state index contributed by atoms with van der Waals surface area (Å²) in [5.41, 5.74) is 2.31. The third kappa shape index (κ3) is 3.10. The number of amides is 1. The fraction of sp³-hybridized carbons (Fsp3) is 0.643. The predicted octanol–water partition coefficient (Wildman–Crippen LogP) is 1.17. The quantitative estimate of drug-likeness (QED) is 0.888. The monoisotopic (exact) mass is 262 g/mol. The SMILES string of the molecule is CCc1nnc(C)cc1C(=O)N1CCC(NC)CC1. The van der Waals surface area contributed by atoms with E-state index in [2.05, 4.69) is 15.5 Å². The number of rotatable bonds is 3. The molecule has 19 heavy (non-hydrogen) atoms. The van der Waals surface area contributed by atoms with Gasteiger partial charge in [-0.1, -0.05) is 6.92 Å². The molecule has 2 heterocycles. The molecule has 1 aliphatic rings. The Labute approximate surface area is 114 Å². The van der Waals surface area contributed by atoms with E-state index in [4.69, 9.17) is 0 Å². The lowest BCUT2D eigenvalue weighted by Gasteiger charge is -2.32. The van der Waals surface area contributed by atoms with E-state index in [-0.39, 0.29) is 5.91 Å². The van der Waals surface area contributed by atoms with Crippen LogP contribution in [-0.2, 0) is 6.42 Å². The first-order valence-electron chi connectivity index (χ1n) is 6.95. The Morgan fingerprint density at radius 1 is 1.42 bits per heavy atom. The minimum atomic E-state index is 0.101. The van der Waals surface area contributed by atoms with E-state index >= 15 is 0 Å². The molecule has 2 rings (SSSR count). The highest BCUT2D eigenvalue weighted by molar-refractivity contribution is 5.95. The molecule has 5 nitrogen and oxygen atoms in total. The maximum atomic E-state index is 12.6. The largest absolute Gasteiger partial charge is 0.338 e. The van der Waals surface area contributed by atoms with Gasteiger partial charge in [0.1, 0.15) is 0 Å². The highest BCUT2D eigenvalue weighted by atomic mass is 16.2. The average Bonchev–Trinajstić information content (AvgIpc) is 2.46. The zero-order chi connectivity index (χ0) is 13.8. The van der Waals surface area contributed by atoms with Crippen molar-refractivity contribution in [2.24, 2.45) is 0 Å². The van der Waals surface area contributed by atoms with Crippen molar-refractivity contribution in [3.63, 3.8) is 0 Å². The lowest BCUT2D eigenvalue weighted by atomic mass is 10.0. The number of hydrogen-bond acceptors (Lipinski definition) is 4. The van der Waals surface area contributed by atoms with Crippen LogP contribution in [-0.4, -0.2) is 47.2 Å². The van der Waals surface area contributed by atoms with Crippen molar-refractivity contribution in [3.8, 4) is 0 Å². The summed E-state index contributed by atoms with van der Waals surface area (Å²) in [7, 11) is 1.98. The van der Waals surface area contributed by atoms with E-state index < -0.39 is 0 Å². The van der Waals surface area contributed by atoms with Gasteiger partial charge in [-0.25, -0.2) is 0 Å². The maximum Gasteiger partial charge on any atom is 0.255 e. The van der Waals surface area contributed by atoms with Gasteiger partial charge in [-0.15, -0.1) is 0 Å². The number of carbonyl (C=O) groups excluding carboxylic acids is 1. The molecule has 104 valence electrons. The number of likely N-dealkylation sites (tertiary alicyclic amines) is 1. The highest BCUT2D eigenvalue weighted by Crippen LogP contribution is 2.16. The van der Waals surface area contributed by atoms with Gasteiger partial charge >= 0.3 is 0 Å². The first kappa shape index (κ1) is 13.9. The zero-order valence-electron chi connectivity index (χ0n) is 11.9. The minimum Gasteiger partial charge on any atom is -0.338 e. The smallest absolute Gasteiger partial charge is 0.255 e. The number of nitrogens with one attached hydrogen (secondary N) is 1. The van der Waals surface area contributed by atoms with Gasteiger partial charge in [0.2, 0.25) is 0 Å². The Hall–Kier alpha value is -1.49. The molecule has 1 amide bonds. The van der Waals surface area contributed by atoms with Gasteiger partial charge in [-0.05, 0) is 39.3 Å². The van der Waals surface area contributed by atoms with Gasteiger partial charge in [-0.3, -0.25) is 4.79 Å². The second kappa shape index (κ2) is 6.10. The van der Waals surface area contributed by atoms with Crippen LogP contribution >= 0.6 is 0 Å². The van der Waals surface area contributed by atoms with E-state index in [0.29, 0.717) is 6.04 Å². The van der Waals surface area contributed by atoms with Crippen LogP contribution in [0.15, 0.2) is 6.07 Å². The van der Waals surface area contributed by atoms with Crippen LogP contribution in [0.1, 0.15) is 41.5 Å². The predicted molar refractivity (Wildman–Crippen MR) is 74.1 cm³/mol. The van der Waals surface area contributed by atoms with Crippen LogP contribution in [0.4, 0.5) is 0 Å². The van der Waals surface area contributed by atoms with Crippen molar-refractivity contribution >= 4 is 5.91 Å². The number of piperidine rings is 1. The molecule has 0 radical (unpaired) electrons. The third-order valence-electron chi connectivity index (χ3n) is 3.75. The van der Waals surface area contributed by atoms with Gasteiger partial charge in [0.15, 0.2) is 0 Å². The van der Waals surface area contributed by atoms with Crippen LogP contribution in [0.25, 0.3) is 0 Å². The summed E-state index contributed by atoms with van der Waals surface area (Å²) in [5.74, 6) is 0.101. The summed E-state index contributed by atoms with van der Waals surface area (Å²) in [6.45, 7) is 5.50. The Morgan fingerprint density at radius 2 is 2.11 bits per heavy atom. The molecule has 5 heteroatoms. The number of aryl methyl sites for hydroxylation is 2. The van der Waals surface area contributed by atoms with Gasteiger partial charge in [0.05, 0.1) is 17.0 Å². The lowest BCUT2D eigenvalue weighted by molar-refractivity contribution is 0.0705. The molecule has 0 aromatic carbocycles. The van der Waals surface area contributed by atoms with Crippen molar-refractivity contribution in [1.82, 2.24) is 20.4 Å². The number of hydrogen-bond donors (Lipinski definition) is 1. The summed E-state index contributed by atoms with van der Waals surface area (Å²) >= 11 is 0. The number of aromatic nitrogens is 2. The molecule has 0 spiro atoms. The first-order chi connectivity index (χ1) is 9.15. The standard InChI is InChI=1S/C14H22N4O/c1-4-13-12(9-10(2)16-17-13)14(19)18-7-5-11(15-3)6-8-18/h9,11,15H,4-8H2,1-3H3.